The summed E-state index contributed by atoms with van der Waals surface area (Å²) < 4.78 is 14.6. The molecular weight excluding hydrogens is 399 g/mol. The van der Waals surface area contributed by atoms with Gasteiger partial charge in [0.05, 0.1) is 17.4 Å². The summed E-state index contributed by atoms with van der Waals surface area (Å²) in [5, 5.41) is 4.22. The Labute approximate surface area is 180 Å². The Balaban J connectivity index is 1.45. The van der Waals surface area contributed by atoms with Crippen LogP contribution in [0.2, 0.25) is 0 Å². The van der Waals surface area contributed by atoms with E-state index in [2.05, 4.69) is 29.8 Å². The van der Waals surface area contributed by atoms with Crippen molar-refractivity contribution in [1.82, 2.24) is 25.5 Å². The van der Waals surface area contributed by atoms with Crippen molar-refractivity contribution in [2.45, 2.75) is 45.2 Å². The van der Waals surface area contributed by atoms with Crippen LogP contribution in [0.1, 0.15) is 43.5 Å². The molecule has 2 saturated heterocycles. The topological polar surface area (TPSA) is 105 Å². The van der Waals surface area contributed by atoms with Gasteiger partial charge in [-0.15, -0.1) is 0 Å². The Morgan fingerprint density at radius 1 is 1.23 bits per heavy atom. The summed E-state index contributed by atoms with van der Waals surface area (Å²) in [6.07, 6.45) is 3.66. The van der Waals surface area contributed by atoms with Gasteiger partial charge in [0.1, 0.15) is 17.7 Å². The van der Waals surface area contributed by atoms with Crippen LogP contribution in [0, 0.1) is 17.7 Å². The fraction of sp³-hybridized carbons (Fsp3) is 0.500. The number of amides is 1. The molecule has 1 aromatic heterocycles. The standard InChI is InChI=1S/C22H29FN6O2/c1-13(2)18-10-19(27-26-18)22(31)28-9-3-4-14(12-28)20(30)17-11-25-29(21(17)24)16-7-5-15(23)6-8-16/h5-8,11,13-14,18-19,26-27H,3-4,9-10,12,24H2,1-2H3. The molecular formula is C22H29FN6O2. The lowest BCUT2D eigenvalue weighted by atomic mass is 9.90. The predicted molar refractivity (Wildman–Crippen MR) is 115 cm³/mol. The fourth-order valence-electron chi connectivity index (χ4n) is 4.35. The molecule has 0 radical (unpaired) electrons. The second-order valence-electron chi connectivity index (χ2n) is 8.75. The number of nitrogens with zero attached hydrogens (tertiary/aromatic N) is 3. The molecule has 8 nitrogen and oxygen atoms in total. The van der Waals surface area contributed by atoms with E-state index in [0.29, 0.717) is 36.7 Å². The number of Topliss-reactive ketones (excluding diaryl/α,β-unsaturated/α-hetero) is 1. The third-order valence-electron chi connectivity index (χ3n) is 6.28. The van der Waals surface area contributed by atoms with Gasteiger partial charge in [-0.1, -0.05) is 13.8 Å². The van der Waals surface area contributed by atoms with Gasteiger partial charge in [-0.05, 0) is 49.4 Å². The highest BCUT2D eigenvalue weighted by molar-refractivity contribution is 6.02. The van der Waals surface area contributed by atoms with Crippen molar-refractivity contribution in [2.75, 3.05) is 18.8 Å². The summed E-state index contributed by atoms with van der Waals surface area (Å²) in [5.41, 5.74) is 13.4. The van der Waals surface area contributed by atoms with E-state index in [1.165, 1.54) is 23.0 Å². The molecule has 31 heavy (non-hydrogen) atoms. The molecule has 0 aliphatic carbocycles. The van der Waals surface area contributed by atoms with Crippen LogP contribution in [0.4, 0.5) is 10.2 Å². The zero-order chi connectivity index (χ0) is 22.1. The van der Waals surface area contributed by atoms with Gasteiger partial charge in [0.25, 0.3) is 0 Å². The quantitative estimate of drug-likeness (QED) is 0.629. The normalized spacial score (nSPS) is 24.0. The minimum absolute atomic E-state index is 0.0307. The molecule has 3 heterocycles. The lowest BCUT2D eigenvalue weighted by molar-refractivity contribution is -0.134. The first-order valence-electron chi connectivity index (χ1n) is 10.8. The van der Waals surface area contributed by atoms with Crippen molar-refractivity contribution in [1.29, 1.82) is 0 Å². The van der Waals surface area contributed by atoms with Crippen LogP contribution in [0.25, 0.3) is 5.69 Å². The van der Waals surface area contributed by atoms with Gasteiger partial charge in [-0.3, -0.25) is 15.0 Å². The monoisotopic (exact) mass is 428 g/mol. The number of ketones is 1. The van der Waals surface area contributed by atoms with E-state index in [1.807, 2.05) is 0 Å². The first-order chi connectivity index (χ1) is 14.8. The molecule has 2 fully saturated rings. The number of anilines is 1. The maximum atomic E-state index is 13.2. The Kier molecular flexibility index (Phi) is 6.06. The predicted octanol–water partition coefficient (Wildman–Crippen LogP) is 1.91. The third-order valence-corrected chi connectivity index (χ3v) is 6.28. The summed E-state index contributed by atoms with van der Waals surface area (Å²) in [7, 11) is 0. The number of likely N-dealkylation sites (tertiary alicyclic amines) is 1. The fourth-order valence-corrected chi connectivity index (χ4v) is 4.35. The highest BCUT2D eigenvalue weighted by atomic mass is 19.1. The molecule has 9 heteroatoms. The van der Waals surface area contributed by atoms with Gasteiger partial charge in [-0.2, -0.15) is 5.10 Å². The number of piperidine rings is 1. The largest absolute Gasteiger partial charge is 0.383 e. The number of rotatable bonds is 5. The number of carbonyl (C=O) groups excluding carboxylic acids is 2. The van der Waals surface area contributed by atoms with Crippen molar-refractivity contribution >= 4 is 17.5 Å². The molecule has 0 spiro atoms. The van der Waals surface area contributed by atoms with E-state index in [-0.39, 0.29) is 41.3 Å². The zero-order valence-corrected chi connectivity index (χ0v) is 17.8. The number of hydrazine groups is 1. The Morgan fingerprint density at radius 2 is 1.97 bits per heavy atom. The summed E-state index contributed by atoms with van der Waals surface area (Å²) in [4.78, 5) is 28.0. The van der Waals surface area contributed by atoms with E-state index >= 15 is 0 Å². The van der Waals surface area contributed by atoms with Crippen LogP contribution in [-0.2, 0) is 4.79 Å². The first kappa shape index (κ1) is 21.5. The molecule has 3 atom stereocenters. The minimum Gasteiger partial charge on any atom is -0.383 e. The maximum absolute atomic E-state index is 13.2. The van der Waals surface area contributed by atoms with Crippen LogP contribution in [0.15, 0.2) is 30.5 Å². The summed E-state index contributed by atoms with van der Waals surface area (Å²) >= 11 is 0. The molecule has 0 saturated carbocycles. The van der Waals surface area contributed by atoms with Crippen molar-refractivity contribution in [3.63, 3.8) is 0 Å². The van der Waals surface area contributed by atoms with Crippen molar-refractivity contribution in [2.24, 2.45) is 11.8 Å². The molecule has 1 aromatic carbocycles. The molecule has 0 bridgehead atoms. The van der Waals surface area contributed by atoms with Crippen LogP contribution >= 0.6 is 0 Å². The van der Waals surface area contributed by atoms with E-state index < -0.39 is 0 Å². The highest BCUT2D eigenvalue weighted by Gasteiger charge is 2.37. The van der Waals surface area contributed by atoms with Crippen molar-refractivity contribution < 1.29 is 14.0 Å². The number of benzene rings is 1. The van der Waals surface area contributed by atoms with Crippen LogP contribution < -0.4 is 16.6 Å². The molecule has 2 aliphatic rings. The number of halogens is 1. The number of aromatic nitrogens is 2. The summed E-state index contributed by atoms with van der Waals surface area (Å²) in [6.45, 7) is 5.28. The van der Waals surface area contributed by atoms with Gasteiger partial charge in [-0.25, -0.2) is 14.5 Å². The SMILES string of the molecule is CC(C)C1CC(C(=O)N2CCCC(C(=O)c3cnn(-c4ccc(F)cc4)c3N)C2)NN1. The zero-order valence-electron chi connectivity index (χ0n) is 17.8. The number of nitrogen functional groups attached to an aromatic ring is 1. The Hall–Kier alpha value is -2.78. The van der Waals surface area contributed by atoms with E-state index in [9.17, 15) is 14.0 Å². The second kappa shape index (κ2) is 8.76. The lowest BCUT2D eigenvalue weighted by Crippen LogP contribution is -2.50. The Bertz CT molecular complexity index is 957. The number of hydrogen-bond donors (Lipinski definition) is 3. The van der Waals surface area contributed by atoms with Gasteiger partial charge in [0, 0.05) is 25.0 Å². The molecule has 4 rings (SSSR count). The maximum Gasteiger partial charge on any atom is 0.241 e. The Morgan fingerprint density at radius 3 is 2.65 bits per heavy atom. The highest BCUT2D eigenvalue weighted by Crippen LogP contribution is 2.26. The minimum atomic E-state index is -0.357. The van der Waals surface area contributed by atoms with Gasteiger partial charge in [0.15, 0.2) is 5.78 Å². The molecule has 166 valence electrons. The van der Waals surface area contributed by atoms with E-state index in [4.69, 9.17) is 5.73 Å². The third kappa shape index (κ3) is 4.33. The van der Waals surface area contributed by atoms with Crippen LogP contribution in [0.3, 0.4) is 0 Å². The van der Waals surface area contributed by atoms with Gasteiger partial charge in [0.2, 0.25) is 5.91 Å². The first-order valence-corrected chi connectivity index (χ1v) is 10.8. The van der Waals surface area contributed by atoms with Crippen molar-refractivity contribution in [3.05, 3.63) is 41.8 Å². The average molecular weight is 429 g/mol. The summed E-state index contributed by atoms with van der Waals surface area (Å²) in [5.74, 6) is -0.0994. The van der Waals surface area contributed by atoms with Gasteiger partial charge >= 0.3 is 0 Å². The number of nitrogens with two attached hydrogens (primary N) is 1. The van der Waals surface area contributed by atoms with E-state index in [1.54, 1.807) is 17.0 Å². The molecule has 3 unspecified atom stereocenters. The van der Waals surface area contributed by atoms with Gasteiger partial charge < -0.3 is 10.6 Å². The van der Waals surface area contributed by atoms with Crippen LogP contribution in [-0.4, -0.2) is 51.5 Å². The molecule has 1 amide bonds. The second-order valence-corrected chi connectivity index (χ2v) is 8.75. The van der Waals surface area contributed by atoms with Crippen molar-refractivity contribution in [3.8, 4) is 5.69 Å². The number of nitrogens with one attached hydrogen (secondary N) is 2. The van der Waals surface area contributed by atoms with Crippen LogP contribution in [0.5, 0.6) is 0 Å². The lowest BCUT2D eigenvalue weighted by Gasteiger charge is -2.33. The smallest absolute Gasteiger partial charge is 0.241 e. The van der Waals surface area contributed by atoms with E-state index in [0.717, 1.165) is 12.8 Å². The number of hydrogen-bond acceptors (Lipinski definition) is 6. The summed E-state index contributed by atoms with van der Waals surface area (Å²) in [6, 6.07) is 5.74. The number of carbonyl (C=O) groups is 2. The molecule has 2 aromatic rings. The molecule has 2 aliphatic heterocycles. The average Bonchev–Trinajstić information content (AvgIpc) is 3.41. The molecule has 4 N–H and O–H groups in total.